The summed E-state index contributed by atoms with van der Waals surface area (Å²) in [6.45, 7) is 10.9. The summed E-state index contributed by atoms with van der Waals surface area (Å²) in [4.78, 5) is 25.8. The third-order valence-electron chi connectivity index (χ3n) is 3.57. The van der Waals surface area contributed by atoms with Crippen molar-refractivity contribution in [3.8, 4) is 0 Å². The van der Waals surface area contributed by atoms with Crippen molar-refractivity contribution in [2.45, 2.75) is 47.1 Å². The Hall–Kier alpha value is -1.10. The van der Waals surface area contributed by atoms with Gasteiger partial charge in [-0.3, -0.25) is 9.59 Å². The Labute approximate surface area is 110 Å². The summed E-state index contributed by atoms with van der Waals surface area (Å²) in [5, 5.41) is 2.76. The highest BCUT2D eigenvalue weighted by Crippen LogP contribution is 2.19. The molecule has 0 bridgehead atoms. The van der Waals surface area contributed by atoms with Crippen molar-refractivity contribution in [2.24, 2.45) is 11.1 Å². The number of rotatable bonds is 7. The van der Waals surface area contributed by atoms with E-state index in [0.717, 1.165) is 0 Å². The van der Waals surface area contributed by atoms with E-state index in [0.29, 0.717) is 19.5 Å². The van der Waals surface area contributed by atoms with E-state index in [1.165, 1.54) is 0 Å². The monoisotopic (exact) mass is 257 g/mol. The molecular formula is C13H27N3O2. The van der Waals surface area contributed by atoms with E-state index >= 15 is 0 Å². The fourth-order valence-electron chi connectivity index (χ4n) is 1.64. The van der Waals surface area contributed by atoms with E-state index in [2.05, 4.69) is 5.32 Å². The van der Waals surface area contributed by atoms with Gasteiger partial charge in [0.15, 0.2) is 0 Å². The van der Waals surface area contributed by atoms with Crippen molar-refractivity contribution in [3.63, 3.8) is 0 Å². The fraction of sp³-hybridized carbons (Fsp3) is 0.846. The lowest BCUT2D eigenvalue weighted by molar-refractivity contribution is -0.138. The zero-order valence-corrected chi connectivity index (χ0v) is 12.2. The van der Waals surface area contributed by atoms with Crippen molar-refractivity contribution in [2.75, 3.05) is 19.6 Å². The number of nitrogens with zero attached hydrogens (tertiary/aromatic N) is 1. The van der Waals surface area contributed by atoms with Gasteiger partial charge < -0.3 is 16.0 Å². The lowest BCUT2D eigenvalue weighted by Gasteiger charge is -2.29. The summed E-state index contributed by atoms with van der Waals surface area (Å²) in [6.07, 6.45) is 0.654. The Bertz CT molecular complexity index is 284. The molecule has 2 unspecified atom stereocenters. The number of carbonyl (C=O) groups excluding carboxylic acids is 2. The smallest absolute Gasteiger partial charge is 0.244 e. The van der Waals surface area contributed by atoms with Crippen LogP contribution in [0.2, 0.25) is 0 Å². The number of amides is 2. The van der Waals surface area contributed by atoms with E-state index in [1.807, 2.05) is 27.7 Å². The zero-order chi connectivity index (χ0) is 14.3. The van der Waals surface area contributed by atoms with Gasteiger partial charge in [0, 0.05) is 19.6 Å². The van der Waals surface area contributed by atoms with Gasteiger partial charge in [0.25, 0.3) is 0 Å². The van der Waals surface area contributed by atoms with E-state index in [-0.39, 0.29) is 18.4 Å². The van der Waals surface area contributed by atoms with Crippen molar-refractivity contribution in [1.29, 1.82) is 0 Å². The number of hydrogen-bond donors (Lipinski definition) is 2. The first-order valence-electron chi connectivity index (χ1n) is 6.66. The summed E-state index contributed by atoms with van der Waals surface area (Å²) in [6, 6.07) is -0.505. The van der Waals surface area contributed by atoms with Crippen molar-refractivity contribution < 1.29 is 9.59 Å². The van der Waals surface area contributed by atoms with Crippen LogP contribution in [0.5, 0.6) is 0 Å². The quantitative estimate of drug-likeness (QED) is 0.706. The Morgan fingerprint density at radius 2 is 1.78 bits per heavy atom. The normalized spacial score (nSPS) is 15.7. The SMILES string of the molecule is CCN(CC)C(=O)C(C)NC(=O)C(C)(CC)CN. The van der Waals surface area contributed by atoms with Crippen LogP contribution in [0.4, 0.5) is 0 Å². The van der Waals surface area contributed by atoms with Crippen LogP contribution in [0.25, 0.3) is 0 Å². The van der Waals surface area contributed by atoms with Crippen LogP contribution >= 0.6 is 0 Å². The van der Waals surface area contributed by atoms with Crippen LogP contribution in [0, 0.1) is 5.41 Å². The summed E-state index contributed by atoms with van der Waals surface area (Å²) in [7, 11) is 0. The van der Waals surface area contributed by atoms with Gasteiger partial charge in [-0.1, -0.05) is 6.92 Å². The molecule has 0 saturated heterocycles. The van der Waals surface area contributed by atoms with Crippen LogP contribution in [0.1, 0.15) is 41.0 Å². The number of hydrogen-bond acceptors (Lipinski definition) is 3. The topological polar surface area (TPSA) is 75.4 Å². The second-order valence-electron chi connectivity index (χ2n) is 4.82. The second kappa shape index (κ2) is 7.36. The molecule has 5 heteroatoms. The molecule has 0 rings (SSSR count). The van der Waals surface area contributed by atoms with E-state index in [1.54, 1.807) is 11.8 Å². The molecule has 2 amide bonds. The van der Waals surface area contributed by atoms with Crippen molar-refractivity contribution in [1.82, 2.24) is 10.2 Å². The van der Waals surface area contributed by atoms with Crippen LogP contribution in [0.15, 0.2) is 0 Å². The van der Waals surface area contributed by atoms with Gasteiger partial charge in [-0.2, -0.15) is 0 Å². The van der Waals surface area contributed by atoms with Crippen LogP contribution in [-0.2, 0) is 9.59 Å². The van der Waals surface area contributed by atoms with Crippen LogP contribution in [0.3, 0.4) is 0 Å². The van der Waals surface area contributed by atoms with Crippen molar-refractivity contribution in [3.05, 3.63) is 0 Å². The molecule has 0 heterocycles. The first-order valence-corrected chi connectivity index (χ1v) is 6.66. The predicted molar refractivity (Wildman–Crippen MR) is 73.0 cm³/mol. The molecule has 0 radical (unpaired) electrons. The van der Waals surface area contributed by atoms with Crippen LogP contribution in [-0.4, -0.2) is 42.4 Å². The molecule has 0 aromatic carbocycles. The number of nitrogens with two attached hydrogens (primary N) is 1. The average molecular weight is 257 g/mol. The Balaban J connectivity index is 4.61. The highest BCUT2D eigenvalue weighted by Gasteiger charge is 2.32. The fourth-order valence-corrected chi connectivity index (χ4v) is 1.64. The average Bonchev–Trinajstić information content (AvgIpc) is 2.38. The zero-order valence-electron chi connectivity index (χ0n) is 12.2. The van der Waals surface area contributed by atoms with E-state index in [4.69, 9.17) is 5.73 Å². The molecule has 5 nitrogen and oxygen atoms in total. The largest absolute Gasteiger partial charge is 0.344 e. The maximum absolute atomic E-state index is 12.1. The second-order valence-corrected chi connectivity index (χ2v) is 4.82. The van der Waals surface area contributed by atoms with Gasteiger partial charge in [0.2, 0.25) is 11.8 Å². The van der Waals surface area contributed by atoms with E-state index < -0.39 is 11.5 Å². The number of nitrogens with one attached hydrogen (secondary N) is 1. The third-order valence-corrected chi connectivity index (χ3v) is 3.57. The Kier molecular flexibility index (Phi) is 6.91. The van der Waals surface area contributed by atoms with Gasteiger partial charge >= 0.3 is 0 Å². The third kappa shape index (κ3) is 3.98. The summed E-state index contributed by atoms with van der Waals surface area (Å²) in [5.74, 6) is -0.204. The van der Waals surface area contributed by atoms with Crippen LogP contribution < -0.4 is 11.1 Å². The predicted octanol–water partition coefficient (Wildman–Crippen LogP) is 0.735. The Morgan fingerprint density at radius 1 is 1.28 bits per heavy atom. The minimum Gasteiger partial charge on any atom is -0.344 e. The minimum atomic E-state index is -0.599. The summed E-state index contributed by atoms with van der Waals surface area (Å²) >= 11 is 0. The summed E-state index contributed by atoms with van der Waals surface area (Å²) < 4.78 is 0. The molecule has 0 aliphatic heterocycles. The van der Waals surface area contributed by atoms with Gasteiger partial charge in [-0.05, 0) is 34.1 Å². The molecule has 0 aromatic rings. The molecule has 0 aliphatic carbocycles. The molecule has 0 aliphatic rings. The minimum absolute atomic E-state index is 0.0520. The Morgan fingerprint density at radius 3 is 2.11 bits per heavy atom. The molecule has 2 atom stereocenters. The molecule has 18 heavy (non-hydrogen) atoms. The van der Waals surface area contributed by atoms with E-state index in [9.17, 15) is 9.59 Å². The molecular weight excluding hydrogens is 230 g/mol. The molecule has 0 fully saturated rings. The highest BCUT2D eigenvalue weighted by molar-refractivity contribution is 5.89. The molecule has 106 valence electrons. The van der Waals surface area contributed by atoms with Gasteiger partial charge in [-0.25, -0.2) is 0 Å². The standard InChI is InChI=1S/C13H27N3O2/c1-6-13(5,9-14)12(18)15-10(4)11(17)16(7-2)8-3/h10H,6-9,14H2,1-5H3,(H,15,18). The first-order chi connectivity index (χ1) is 8.36. The van der Waals surface area contributed by atoms with Gasteiger partial charge in [0.1, 0.15) is 6.04 Å². The molecule has 0 aromatic heterocycles. The summed E-state index contributed by atoms with van der Waals surface area (Å²) in [5.41, 5.74) is 5.03. The van der Waals surface area contributed by atoms with Gasteiger partial charge in [0.05, 0.1) is 5.41 Å². The maximum atomic E-state index is 12.1. The lowest BCUT2D eigenvalue weighted by atomic mass is 9.86. The first kappa shape index (κ1) is 16.9. The van der Waals surface area contributed by atoms with Gasteiger partial charge in [-0.15, -0.1) is 0 Å². The molecule has 0 spiro atoms. The molecule has 3 N–H and O–H groups in total. The maximum Gasteiger partial charge on any atom is 0.244 e. The molecule has 0 saturated carbocycles. The van der Waals surface area contributed by atoms with Crippen molar-refractivity contribution >= 4 is 11.8 Å². The lowest BCUT2D eigenvalue weighted by Crippen LogP contribution is -2.52. The number of carbonyl (C=O) groups is 2. The highest BCUT2D eigenvalue weighted by atomic mass is 16.2. The number of likely N-dealkylation sites (N-methyl/N-ethyl adjacent to an activating group) is 1.